The molecule has 0 saturated carbocycles. The molecule has 0 aliphatic carbocycles. The molecule has 2 N–H and O–H groups in total. The van der Waals surface area contributed by atoms with E-state index in [1.807, 2.05) is 42.5 Å². The lowest BCUT2D eigenvalue weighted by Crippen LogP contribution is -2.03. The van der Waals surface area contributed by atoms with Crippen LogP contribution in [0.3, 0.4) is 0 Å². The van der Waals surface area contributed by atoms with E-state index < -0.39 is 11.6 Å². The molecule has 0 aliphatic rings. The first-order valence-electron chi connectivity index (χ1n) is 6.47. The topological polar surface area (TPSA) is 37.0 Å². The van der Waals surface area contributed by atoms with E-state index in [9.17, 15) is 8.78 Å². The number of aromatic nitrogens is 1. The van der Waals surface area contributed by atoms with Crippen molar-refractivity contribution < 1.29 is 8.78 Å². The predicted molar refractivity (Wildman–Crippen MR) is 80.9 cm³/mol. The lowest BCUT2D eigenvalue weighted by molar-refractivity contribution is 0.580. The van der Waals surface area contributed by atoms with Crippen LogP contribution in [0.5, 0.6) is 0 Å². The summed E-state index contributed by atoms with van der Waals surface area (Å²) >= 11 is 0. The molecule has 3 rings (SSSR count). The lowest BCUT2D eigenvalue weighted by Gasteiger charge is -2.11. The Kier molecular flexibility index (Phi) is 3.39. The minimum absolute atomic E-state index is 0.000799. The first-order valence-corrected chi connectivity index (χ1v) is 6.47. The first-order chi connectivity index (χ1) is 10.2. The summed E-state index contributed by atoms with van der Waals surface area (Å²) in [7, 11) is 1.53. The Bertz CT molecular complexity index is 797. The Morgan fingerprint density at radius 1 is 0.905 bits per heavy atom. The van der Waals surface area contributed by atoms with Crippen molar-refractivity contribution in [3.8, 4) is 0 Å². The molecule has 0 unspecified atom stereocenters. The molecule has 3 nitrogen and oxygen atoms in total. The van der Waals surface area contributed by atoms with E-state index in [0.717, 1.165) is 16.8 Å². The van der Waals surface area contributed by atoms with E-state index in [1.54, 1.807) is 0 Å². The van der Waals surface area contributed by atoms with Crippen LogP contribution in [0, 0.1) is 11.6 Å². The largest absolute Gasteiger partial charge is 0.371 e. The second-order valence-electron chi connectivity index (χ2n) is 4.55. The van der Waals surface area contributed by atoms with Gasteiger partial charge in [-0.2, -0.15) is 0 Å². The van der Waals surface area contributed by atoms with E-state index >= 15 is 0 Å². The Morgan fingerprint density at radius 3 is 2.43 bits per heavy atom. The summed E-state index contributed by atoms with van der Waals surface area (Å²) in [5.74, 6) is -1.48. The van der Waals surface area contributed by atoms with Crippen molar-refractivity contribution in [2.45, 2.75) is 0 Å². The van der Waals surface area contributed by atoms with Crippen molar-refractivity contribution in [1.82, 2.24) is 4.98 Å². The smallest absolute Gasteiger partial charge is 0.169 e. The minimum atomic E-state index is -0.737. The predicted octanol–water partition coefficient (Wildman–Crippen LogP) is 4.30. The monoisotopic (exact) mass is 285 g/mol. The summed E-state index contributed by atoms with van der Waals surface area (Å²) in [4.78, 5) is 3.92. The van der Waals surface area contributed by atoms with E-state index in [4.69, 9.17) is 0 Å². The summed E-state index contributed by atoms with van der Waals surface area (Å²) in [6, 6.07) is 14.2. The Balaban J connectivity index is 2.07. The van der Waals surface area contributed by atoms with E-state index in [0.29, 0.717) is 5.69 Å². The van der Waals surface area contributed by atoms with Gasteiger partial charge in [0.1, 0.15) is 0 Å². The van der Waals surface area contributed by atoms with Crippen molar-refractivity contribution >= 4 is 28.1 Å². The van der Waals surface area contributed by atoms with Gasteiger partial charge in [0, 0.05) is 24.2 Å². The standard InChI is InChI=1S/C16H13F2N3/c1-19-15-12(17)9-13(18)16(21-15)20-14-8-4-6-10-5-2-3-7-11(10)14/h2-9H,1H3,(H2,19,20,21). The number of nitrogens with one attached hydrogen (secondary N) is 2. The third-order valence-corrected chi connectivity index (χ3v) is 3.21. The third-order valence-electron chi connectivity index (χ3n) is 3.21. The molecule has 0 radical (unpaired) electrons. The van der Waals surface area contributed by atoms with Crippen molar-refractivity contribution in [2.24, 2.45) is 0 Å². The van der Waals surface area contributed by atoms with Gasteiger partial charge in [-0.05, 0) is 11.5 Å². The molecule has 0 aliphatic heterocycles. The molecular formula is C16H13F2N3. The summed E-state index contributed by atoms with van der Waals surface area (Å²) in [6.45, 7) is 0. The SMILES string of the molecule is CNc1nc(Nc2cccc3ccccc23)c(F)cc1F. The summed E-state index contributed by atoms with van der Waals surface area (Å²) in [5, 5.41) is 7.49. The fourth-order valence-electron chi connectivity index (χ4n) is 2.19. The molecule has 0 amide bonds. The van der Waals surface area contributed by atoms with Gasteiger partial charge in [-0.25, -0.2) is 13.8 Å². The quantitative estimate of drug-likeness (QED) is 0.753. The molecule has 0 fully saturated rings. The van der Waals surface area contributed by atoms with E-state index in [1.165, 1.54) is 7.05 Å². The number of anilines is 3. The van der Waals surface area contributed by atoms with Gasteiger partial charge in [-0.15, -0.1) is 0 Å². The zero-order chi connectivity index (χ0) is 14.8. The number of halogens is 2. The number of rotatable bonds is 3. The number of pyridine rings is 1. The van der Waals surface area contributed by atoms with E-state index in [-0.39, 0.29) is 11.6 Å². The molecule has 5 heteroatoms. The molecule has 2 aromatic carbocycles. The molecule has 106 valence electrons. The summed E-state index contributed by atoms with van der Waals surface area (Å²) in [6.07, 6.45) is 0. The fraction of sp³-hybridized carbons (Fsp3) is 0.0625. The van der Waals surface area contributed by atoms with Crippen LogP contribution in [0.1, 0.15) is 0 Å². The number of nitrogens with zero attached hydrogens (tertiary/aromatic N) is 1. The average molecular weight is 285 g/mol. The highest BCUT2D eigenvalue weighted by molar-refractivity contribution is 5.95. The highest BCUT2D eigenvalue weighted by Gasteiger charge is 2.12. The van der Waals surface area contributed by atoms with Gasteiger partial charge in [0.15, 0.2) is 23.3 Å². The third kappa shape index (κ3) is 2.50. The zero-order valence-corrected chi connectivity index (χ0v) is 11.3. The van der Waals surface area contributed by atoms with Crippen molar-refractivity contribution in [3.05, 3.63) is 60.2 Å². The maximum atomic E-state index is 13.9. The van der Waals surface area contributed by atoms with Crippen LogP contribution < -0.4 is 10.6 Å². The summed E-state index contributed by atoms with van der Waals surface area (Å²) in [5.41, 5.74) is 0.716. The number of hydrogen-bond donors (Lipinski definition) is 2. The van der Waals surface area contributed by atoms with Crippen molar-refractivity contribution in [3.63, 3.8) is 0 Å². The second-order valence-corrected chi connectivity index (χ2v) is 4.55. The van der Waals surface area contributed by atoms with Gasteiger partial charge in [0.25, 0.3) is 0 Å². The maximum absolute atomic E-state index is 13.9. The van der Waals surface area contributed by atoms with Crippen LogP contribution in [-0.2, 0) is 0 Å². The highest BCUT2D eigenvalue weighted by Crippen LogP contribution is 2.28. The van der Waals surface area contributed by atoms with Crippen LogP contribution in [0.15, 0.2) is 48.5 Å². The van der Waals surface area contributed by atoms with Crippen LogP contribution in [0.4, 0.5) is 26.1 Å². The lowest BCUT2D eigenvalue weighted by atomic mass is 10.1. The molecule has 3 aromatic rings. The maximum Gasteiger partial charge on any atom is 0.169 e. The van der Waals surface area contributed by atoms with Gasteiger partial charge in [0.05, 0.1) is 0 Å². The van der Waals surface area contributed by atoms with Gasteiger partial charge in [-0.1, -0.05) is 36.4 Å². The van der Waals surface area contributed by atoms with Gasteiger partial charge >= 0.3 is 0 Å². The normalized spacial score (nSPS) is 10.6. The number of fused-ring (bicyclic) bond motifs is 1. The molecule has 1 aromatic heterocycles. The minimum Gasteiger partial charge on any atom is -0.371 e. The molecule has 0 spiro atoms. The molecule has 0 saturated heterocycles. The number of hydrogen-bond acceptors (Lipinski definition) is 3. The summed E-state index contributed by atoms with van der Waals surface area (Å²) < 4.78 is 27.3. The second kappa shape index (κ2) is 5.36. The van der Waals surface area contributed by atoms with Crippen LogP contribution >= 0.6 is 0 Å². The van der Waals surface area contributed by atoms with Gasteiger partial charge in [-0.3, -0.25) is 0 Å². The van der Waals surface area contributed by atoms with Gasteiger partial charge in [0.2, 0.25) is 0 Å². The molecular weight excluding hydrogens is 272 g/mol. The zero-order valence-electron chi connectivity index (χ0n) is 11.3. The van der Waals surface area contributed by atoms with Crippen LogP contribution in [0.2, 0.25) is 0 Å². The first kappa shape index (κ1) is 13.3. The Hall–Kier alpha value is -2.69. The van der Waals surface area contributed by atoms with Crippen LogP contribution in [-0.4, -0.2) is 12.0 Å². The highest BCUT2D eigenvalue weighted by atomic mass is 19.1. The van der Waals surface area contributed by atoms with Crippen molar-refractivity contribution in [2.75, 3.05) is 17.7 Å². The Morgan fingerprint density at radius 2 is 1.62 bits per heavy atom. The molecule has 21 heavy (non-hydrogen) atoms. The average Bonchev–Trinajstić information content (AvgIpc) is 2.50. The Labute approximate surface area is 120 Å². The van der Waals surface area contributed by atoms with Gasteiger partial charge < -0.3 is 10.6 Å². The fourth-order valence-corrected chi connectivity index (χ4v) is 2.19. The number of benzene rings is 2. The molecule has 1 heterocycles. The van der Waals surface area contributed by atoms with Crippen molar-refractivity contribution in [1.29, 1.82) is 0 Å². The van der Waals surface area contributed by atoms with Crippen LogP contribution in [0.25, 0.3) is 10.8 Å². The molecule has 0 atom stereocenters. The molecule has 0 bridgehead atoms. The van der Waals surface area contributed by atoms with E-state index in [2.05, 4.69) is 15.6 Å².